The topological polar surface area (TPSA) is 90.8 Å². The molecule has 0 aliphatic carbocycles. The Morgan fingerprint density at radius 1 is 1.03 bits per heavy atom. The number of pyridine rings is 1. The molecule has 0 radical (unpaired) electrons. The summed E-state index contributed by atoms with van der Waals surface area (Å²) in [5.41, 5.74) is -3.16. The second-order valence-electron chi connectivity index (χ2n) is 6.22. The van der Waals surface area contributed by atoms with Gasteiger partial charge in [-0.3, -0.25) is 10.1 Å². The minimum absolute atomic E-state index is 0.0829. The lowest BCUT2D eigenvalue weighted by Gasteiger charge is -2.31. The molecule has 10 heteroatoms. The Morgan fingerprint density at radius 3 is 2.33 bits per heavy atom. The number of carbonyl (C=O) groups excluding carboxylic acids is 2. The van der Waals surface area contributed by atoms with Crippen LogP contribution in [0.25, 0.3) is 0 Å². The van der Waals surface area contributed by atoms with Crippen molar-refractivity contribution in [3.05, 3.63) is 53.7 Å². The van der Waals surface area contributed by atoms with Crippen LogP contribution in [0.15, 0.2) is 42.5 Å². The molecule has 0 unspecified atom stereocenters. The van der Waals surface area contributed by atoms with Crippen LogP contribution in [0.3, 0.4) is 0 Å². The highest BCUT2D eigenvalue weighted by Crippen LogP contribution is 2.33. The summed E-state index contributed by atoms with van der Waals surface area (Å²) in [7, 11) is 0. The fourth-order valence-corrected chi connectivity index (χ4v) is 2.66. The molecule has 3 N–H and O–H groups in total. The quantitative estimate of drug-likeness (QED) is 0.500. The molecule has 0 bridgehead atoms. The maximum atomic E-state index is 14.2. The summed E-state index contributed by atoms with van der Waals surface area (Å²) in [4.78, 5) is 28.0. The SMILES string of the molecule is CCOC(=O)[C@](NC(=O)c1ccccc1OCC)(Nc1cccc(C)[nH+]1)C(F)(F)F. The number of benzene rings is 1. The Morgan fingerprint density at radius 2 is 1.73 bits per heavy atom. The molecule has 1 heterocycles. The zero-order valence-corrected chi connectivity index (χ0v) is 16.7. The Kier molecular flexibility index (Phi) is 7.25. The van der Waals surface area contributed by atoms with Crippen molar-refractivity contribution in [2.75, 3.05) is 18.5 Å². The largest absolute Gasteiger partial charge is 0.493 e. The van der Waals surface area contributed by atoms with E-state index in [0.717, 1.165) is 0 Å². The number of anilines is 1. The number of carbonyl (C=O) groups is 2. The molecule has 1 amide bonds. The van der Waals surface area contributed by atoms with Gasteiger partial charge in [-0.1, -0.05) is 18.2 Å². The number of H-pyrrole nitrogens is 1. The van der Waals surface area contributed by atoms with E-state index in [-0.39, 0.29) is 30.3 Å². The van der Waals surface area contributed by atoms with Crippen LogP contribution >= 0.6 is 0 Å². The number of aromatic amines is 1. The molecule has 2 rings (SSSR count). The van der Waals surface area contributed by atoms with Crippen molar-refractivity contribution in [2.24, 2.45) is 0 Å². The predicted molar refractivity (Wildman–Crippen MR) is 102 cm³/mol. The molecule has 0 spiro atoms. The maximum absolute atomic E-state index is 14.2. The van der Waals surface area contributed by atoms with Gasteiger partial charge in [0.15, 0.2) is 0 Å². The molecule has 30 heavy (non-hydrogen) atoms. The molecule has 2 aromatic rings. The number of halogens is 3. The maximum Gasteiger partial charge on any atom is 0.464 e. The highest BCUT2D eigenvalue weighted by atomic mass is 19.4. The number of hydrogen-bond acceptors (Lipinski definition) is 5. The summed E-state index contributed by atoms with van der Waals surface area (Å²) in [6.45, 7) is 4.54. The van der Waals surface area contributed by atoms with E-state index in [1.54, 1.807) is 31.3 Å². The first kappa shape index (κ1) is 23.0. The van der Waals surface area contributed by atoms with Gasteiger partial charge < -0.3 is 9.47 Å². The first-order chi connectivity index (χ1) is 14.1. The van der Waals surface area contributed by atoms with Crippen LogP contribution in [0.2, 0.25) is 0 Å². The molecule has 0 fully saturated rings. The van der Waals surface area contributed by atoms with Gasteiger partial charge in [0.25, 0.3) is 11.7 Å². The number of aryl methyl sites for hydroxylation is 1. The minimum atomic E-state index is -5.24. The molecule has 0 saturated heterocycles. The van der Waals surface area contributed by atoms with Crippen LogP contribution in [-0.2, 0) is 9.53 Å². The molecule has 0 aliphatic heterocycles. The molecule has 0 saturated carbocycles. The van der Waals surface area contributed by atoms with Crippen LogP contribution in [0, 0.1) is 6.92 Å². The standard InChI is InChI=1S/C20H22F3N3O4/c1-4-29-15-11-7-6-10-14(15)17(27)26-19(20(21,22)23,18(28)30-5-2)25-16-12-8-9-13(3)24-16/h6-12H,4-5H2,1-3H3,(H,24,25)(H,26,27)/p+1/t19-/m1/s1. The zero-order valence-electron chi connectivity index (χ0n) is 16.7. The number of rotatable bonds is 8. The Hall–Kier alpha value is -3.30. The van der Waals surface area contributed by atoms with Crippen LogP contribution < -0.4 is 20.4 Å². The molecular formula is C20H23F3N3O4+. The third-order valence-corrected chi connectivity index (χ3v) is 4.00. The third kappa shape index (κ3) is 5.00. The number of alkyl halides is 3. The summed E-state index contributed by atoms with van der Waals surface area (Å²) in [5.74, 6) is -2.92. The van der Waals surface area contributed by atoms with Crippen molar-refractivity contribution >= 4 is 17.7 Å². The summed E-state index contributed by atoms with van der Waals surface area (Å²) in [6.07, 6.45) is -5.24. The fraction of sp³-hybridized carbons (Fsp3) is 0.350. The average Bonchev–Trinajstić information content (AvgIpc) is 2.67. The van der Waals surface area contributed by atoms with E-state index in [2.05, 4.69) is 15.0 Å². The van der Waals surface area contributed by atoms with Crippen molar-refractivity contribution in [3.63, 3.8) is 0 Å². The van der Waals surface area contributed by atoms with Gasteiger partial charge in [0, 0.05) is 6.07 Å². The van der Waals surface area contributed by atoms with Gasteiger partial charge >= 0.3 is 17.8 Å². The molecule has 0 aliphatic rings. The lowest BCUT2D eigenvalue weighted by atomic mass is 10.1. The Bertz CT molecular complexity index is 905. The second-order valence-corrected chi connectivity index (χ2v) is 6.22. The molecule has 1 aromatic carbocycles. The Balaban J connectivity index is 2.54. The number of hydrogen-bond donors (Lipinski definition) is 2. The van der Waals surface area contributed by atoms with E-state index in [1.165, 1.54) is 37.3 Å². The molecular weight excluding hydrogens is 403 g/mol. The van der Waals surface area contributed by atoms with E-state index in [4.69, 9.17) is 4.74 Å². The van der Waals surface area contributed by atoms with E-state index < -0.39 is 23.7 Å². The van der Waals surface area contributed by atoms with Crippen LogP contribution in [-0.4, -0.2) is 36.9 Å². The highest BCUT2D eigenvalue weighted by Gasteiger charge is 2.68. The molecule has 1 aromatic heterocycles. The van der Waals surface area contributed by atoms with E-state index >= 15 is 0 Å². The number of amides is 1. The Labute approximate surface area is 171 Å². The van der Waals surface area contributed by atoms with E-state index in [0.29, 0.717) is 5.69 Å². The predicted octanol–water partition coefficient (Wildman–Crippen LogP) is 2.87. The first-order valence-corrected chi connectivity index (χ1v) is 9.20. The number of ether oxygens (including phenoxy) is 2. The van der Waals surface area contributed by atoms with Gasteiger partial charge in [-0.05, 0) is 39.0 Å². The number of esters is 1. The van der Waals surface area contributed by atoms with Crippen LogP contribution in [0.4, 0.5) is 19.0 Å². The number of aromatic nitrogens is 1. The van der Waals surface area contributed by atoms with Crippen molar-refractivity contribution in [2.45, 2.75) is 32.6 Å². The van der Waals surface area contributed by atoms with Crippen molar-refractivity contribution in [3.8, 4) is 5.75 Å². The van der Waals surface area contributed by atoms with Gasteiger partial charge in [0.2, 0.25) is 0 Å². The van der Waals surface area contributed by atoms with Gasteiger partial charge in [-0.25, -0.2) is 15.1 Å². The second kappa shape index (κ2) is 9.47. The minimum Gasteiger partial charge on any atom is -0.493 e. The van der Waals surface area contributed by atoms with Gasteiger partial charge in [-0.15, -0.1) is 0 Å². The molecule has 1 atom stereocenters. The monoisotopic (exact) mass is 426 g/mol. The van der Waals surface area contributed by atoms with Crippen LogP contribution in [0.5, 0.6) is 5.75 Å². The average molecular weight is 426 g/mol. The first-order valence-electron chi connectivity index (χ1n) is 9.20. The van der Waals surface area contributed by atoms with E-state index in [1.807, 2.05) is 0 Å². The van der Waals surface area contributed by atoms with Crippen molar-refractivity contribution in [1.29, 1.82) is 0 Å². The number of nitrogens with one attached hydrogen (secondary N) is 3. The fourth-order valence-electron chi connectivity index (χ4n) is 2.66. The lowest BCUT2D eigenvalue weighted by Crippen LogP contribution is -2.69. The van der Waals surface area contributed by atoms with Gasteiger partial charge in [0.05, 0.1) is 24.5 Å². The van der Waals surface area contributed by atoms with Gasteiger partial charge in [-0.2, -0.15) is 13.2 Å². The van der Waals surface area contributed by atoms with E-state index in [9.17, 15) is 22.8 Å². The zero-order chi connectivity index (χ0) is 22.4. The third-order valence-electron chi connectivity index (χ3n) is 4.00. The summed E-state index contributed by atoms with van der Waals surface area (Å²) in [6, 6.07) is 10.2. The van der Waals surface area contributed by atoms with Gasteiger partial charge in [0.1, 0.15) is 5.75 Å². The smallest absolute Gasteiger partial charge is 0.464 e. The summed E-state index contributed by atoms with van der Waals surface area (Å²) < 4.78 is 52.7. The van der Waals surface area contributed by atoms with Crippen molar-refractivity contribution < 1.29 is 37.2 Å². The van der Waals surface area contributed by atoms with Crippen LogP contribution in [0.1, 0.15) is 29.9 Å². The molecule has 162 valence electrons. The normalized spacial score (nSPS) is 13.1. The molecule has 7 nitrogen and oxygen atoms in total. The lowest BCUT2D eigenvalue weighted by molar-refractivity contribution is -0.372. The number of para-hydroxylation sites is 1. The highest BCUT2D eigenvalue weighted by molar-refractivity contribution is 6.01. The summed E-state index contributed by atoms with van der Waals surface area (Å²) >= 11 is 0. The summed E-state index contributed by atoms with van der Waals surface area (Å²) in [5, 5.41) is 3.87. The van der Waals surface area contributed by atoms with Crippen molar-refractivity contribution in [1.82, 2.24) is 5.32 Å².